The Morgan fingerprint density at radius 3 is 2.71 bits per heavy atom. The molecule has 9 heteroatoms. The molecule has 1 aromatic heterocycles. The van der Waals surface area contributed by atoms with Gasteiger partial charge in [0.25, 0.3) is 0 Å². The van der Waals surface area contributed by atoms with E-state index < -0.39 is 18.0 Å². The van der Waals surface area contributed by atoms with Gasteiger partial charge in [-0.05, 0) is 32.0 Å². The van der Waals surface area contributed by atoms with Crippen molar-refractivity contribution in [2.75, 3.05) is 17.2 Å². The predicted octanol–water partition coefficient (Wildman–Crippen LogP) is 2.33. The molecule has 0 saturated heterocycles. The van der Waals surface area contributed by atoms with Gasteiger partial charge in [-0.1, -0.05) is 11.3 Å². The third kappa shape index (κ3) is 4.66. The van der Waals surface area contributed by atoms with Crippen molar-refractivity contribution in [1.82, 2.24) is 10.3 Å². The van der Waals surface area contributed by atoms with Gasteiger partial charge in [-0.15, -0.1) is 0 Å². The molecule has 0 saturated carbocycles. The molecular weight excluding hydrogens is 332 g/mol. The summed E-state index contributed by atoms with van der Waals surface area (Å²) in [6, 6.07) is 3.91. The highest BCUT2D eigenvalue weighted by molar-refractivity contribution is 7.22. The first-order chi connectivity index (χ1) is 11.4. The number of amides is 3. The summed E-state index contributed by atoms with van der Waals surface area (Å²) >= 11 is 1.30. The molecule has 0 aliphatic rings. The molecular formula is C15H18N4O4S. The summed E-state index contributed by atoms with van der Waals surface area (Å²) in [6.45, 7) is 4.91. The molecule has 24 heavy (non-hydrogen) atoms. The number of carbonyl (C=O) groups excluding carboxylic acids is 3. The third-order valence-electron chi connectivity index (χ3n) is 2.92. The normalized spacial score (nSPS) is 11.6. The van der Waals surface area contributed by atoms with Gasteiger partial charge in [0.05, 0.1) is 16.8 Å². The third-order valence-corrected chi connectivity index (χ3v) is 3.85. The minimum atomic E-state index is -0.747. The highest BCUT2D eigenvalue weighted by atomic mass is 32.1. The number of thiazole rings is 1. The van der Waals surface area contributed by atoms with Gasteiger partial charge < -0.3 is 20.7 Å². The van der Waals surface area contributed by atoms with Crippen molar-refractivity contribution >= 4 is 50.3 Å². The van der Waals surface area contributed by atoms with E-state index >= 15 is 0 Å². The molecule has 0 radical (unpaired) electrons. The molecule has 3 N–H and O–H groups in total. The number of ether oxygens (including phenoxy) is 1. The number of esters is 1. The van der Waals surface area contributed by atoms with Crippen LogP contribution in [0.5, 0.6) is 0 Å². The highest BCUT2D eigenvalue weighted by Gasteiger charge is 2.16. The number of anilines is 2. The quantitative estimate of drug-likeness (QED) is 0.717. The van der Waals surface area contributed by atoms with Crippen molar-refractivity contribution in [1.29, 1.82) is 0 Å². The number of aromatic nitrogens is 1. The van der Waals surface area contributed by atoms with Gasteiger partial charge in [0.2, 0.25) is 5.91 Å². The van der Waals surface area contributed by atoms with Crippen LogP contribution in [0.25, 0.3) is 10.2 Å². The van der Waals surface area contributed by atoms with Crippen LogP contribution >= 0.6 is 11.3 Å². The summed E-state index contributed by atoms with van der Waals surface area (Å²) in [6.07, 6.45) is 0. The van der Waals surface area contributed by atoms with E-state index in [0.717, 1.165) is 10.2 Å². The van der Waals surface area contributed by atoms with E-state index in [-0.39, 0.29) is 12.5 Å². The monoisotopic (exact) mass is 350 g/mol. The Balaban J connectivity index is 2.02. The van der Waals surface area contributed by atoms with E-state index in [9.17, 15) is 14.4 Å². The summed E-state index contributed by atoms with van der Waals surface area (Å²) in [5, 5.41) is 8.26. The number of carbonyl (C=O) groups is 3. The van der Waals surface area contributed by atoms with Crippen LogP contribution < -0.4 is 16.0 Å². The van der Waals surface area contributed by atoms with Crippen molar-refractivity contribution in [2.45, 2.75) is 26.8 Å². The van der Waals surface area contributed by atoms with Crippen LogP contribution in [0.4, 0.5) is 15.6 Å². The molecule has 0 bridgehead atoms. The highest BCUT2D eigenvalue weighted by Crippen LogP contribution is 2.28. The van der Waals surface area contributed by atoms with Gasteiger partial charge in [0.15, 0.2) is 5.13 Å². The number of fused-ring (bicyclic) bond motifs is 1. The number of hydrogen-bond donors (Lipinski definition) is 3. The molecule has 3 amide bonds. The number of rotatable bonds is 5. The first-order valence-corrected chi connectivity index (χ1v) is 8.13. The van der Waals surface area contributed by atoms with E-state index in [2.05, 4.69) is 20.9 Å². The Morgan fingerprint density at radius 1 is 1.29 bits per heavy atom. The fraction of sp³-hybridized carbons (Fsp3) is 0.333. The minimum absolute atomic E-state index is 0.195. The summed E-state index contributed by atoms with van der Waals surface area (Å²) < 4.78 is 5.64. The second kappa shape index (κ2) is 7.73. The van der Waals surface area contributed by atoms with Crippen LogP contribution in [0.3, 0.4) is 0 Å². The molecule has 0 aliphatic carbocycles. The smallest absolute Gasteiger partial charge is 0.328 e. The van der Waals surface area contributed by atoms with Crippen LogP contribution in [0.15, 0.2) is 18.2 Å². The molecule has 8 nitrogen and oxygen atoms in total. The number of nitrogens with zero attached hydrogens (tertiary/aromatic N) is 1. The zero-order valence-electron chi connectivity index (χ0n) is 13.5. The van der Waals surface area contributed by atoms with Gasteiger partial charge in [0.1, 0.15) is 6.04 Å². The Bertz CT molecular complexity index is 774. The fourth-order valence-corrected chi connectivity index (χ4v) is 2.85. The first-order valence-electron chi connectivity index (χ1n) is 7.31. The number of nitrogens with one attached hydrogen (secondary N) is 3. The van der Waals surface area contributed by atoms with Crippen molar-refractivity contribution in [2.24, 2.45) is 0 Å². The second-order valence-electron chi connectivity index (χ2n) is 4.95. The zero-order chi connectivity index (χ0) is 17.7. The molecule has 0 aliphatic heterocycles. The molecule has 128 valence electrons. The van der Waals surface area contributed by atoms with Crippen LogP contribution in [-0.4, -0.2) is 35.5 Å². The van der Waals surface area contributed by atoms with E-state index in [1.54, 1.807) is 32.0 Å². The number of hydrogen-bond acceptors (Lipinski definition) is 6. The number of urea groups is 1. The Hall–Kier alpha value is -2.68. The van der Waals surface area contributed by atoms with E-state index in [1.807, 2.05) is 0 Å². The Morgan fingerprint density at radius 2 is 2.04 bits per heavy atom. The van der Waals surface area contributed by atoms with Crippen LogP contribution in [-0.2, 0) is 14.3 Å². The lowest BCUT2D eigenvalue weighted by molar-refractivity contribution is -0.144. The predicted molar refractivity (Wildman–Crippen MR) is 92.2 cm³/mol. The molecule has 2 aromatic rings. The first kappa shape index (κ1) is 17.7. The summed E-state index contributed by atoms with van der Waals surface area (Å²) in [7, 11) is 0. The second-order valence-corrected chi connectivity index (χ2v) is 5.99. The SMILES string of the molecule is CCOC(=O)[C@H](C)NC(=O)Nc1ccc2nc(NC(C)=O)sc2c1. The van der Waals surface area contributed by atoms with Gasteiger partial charge >= 0.3 is 12.0 Å². The van der Waals surface area contributed by atoms with Gasteiger partial charge in [-0.2, -0.15) is 0 Å². The lowest BCUT2D eigenvalue weighted by Crippen LogP contribution is -2.41. The van der Waals surface area contributed by atoms with Crippen LogP contribution in [0.2, 0.25) is 0 Å². The molecule has 1 aromatic carbocycles. The average Bonchev–Trinajstić information content (AvgIpc) is 2.87. The van der Waals surface area contributed by atoms with Gasteiger partial charge in [-0.3, -0.25) is 4.79 Å². The summed E-state index contributed by atoms with van der Waals surface area (Å²) in [4.78, 5) is 38.7. The molecule has 0 spiro atoms. The summed E-state index contributed by atoms with van der Waals surface area (Å²) in [5.41, 5.74) is 1.27. The maximum absolute atomic E-state index is 11.9. The van der Waals surface area contributed by atoms with Crippen LogP contribution in [0, 0.1) is 0 Å². The van der Waals surface area contributed by atoms with Crippen molar-refractivity contribution < 1.29 is 19.1 Å². The maximum atomic E-state index is 11.9. The van der Waals surface area contributed by atoms with Crippen molar-refractivity contribution in [3.05, 3.63) is 18.2 Å². The lowest BCUT2D eigenvalue weighted by atomic mass is 10.3. The topological polar surface area (TPSA) is 109 Å². The molecule has 1 heterocycles. The van der Waals surface area contributed by atoms with Crippen molar-refractivity contribution in [3.63, 3.8) is 0 Å². The largest absolute Gasteiger partial charge is 0.464 e. The molecule has 0 unspecified atom stereocenters. The van der Waals surface area contributed by atoms with Gasteiger partial charge in [-0.25, -0.2) is 14.6 Å². The lowest BCUT2D eigenvalue weighted by Gasteiger charge is -2.13. The average molecular weight is 350 g/mol. The Labute approximate surface area is 142 Å². The summed E-state index contributed by atoms with van der Waals surface area (Å²) in [5.74, 6) is -0.690. The van der Waals surface area contributed by atoms with E-state index in [4.69, 9.17) is 4.74 Å². The zero-order valence-corrected chi connectivity index (χ0v) is 14.3. The molecule has 2 rings (SSSR count). The standard InChI is InChI=1S/C15H18N4O4S/c1-4-23-13(21)8(2)16-14(22)18-10-5-6-11-12(7-10)24-15(19-11)17-9(3)20/h5-8H,4H2,1-3H3,(H2,16,18,22)(H,17,19,20)/t8-/m0/s1. The van der Waals surface area contributed by atoms with Crippen LogP contribution in [0.1, 0.15) is 20.8 Å². The van der Waals surface area contributed by atoms with E-state index in [0.29, 0.717) is 10.8 Å². The molecule has 0 fully saturated rings. The minimum Gasteiger partial charge on any atom is -0.464 e. The molecule has 1 atom stereocenters. The fourth-order valence-electron chi connectivity index (χ4n) is 1.90. The van der Waals surface area contributed by atoms with Gasteiger partial charge in [0, 0.05) is 12.6 Å². The van der Waals surface area contributed by atoms with Crippen molar-refractivity contribution in [3.8, 4) is 0 Å². The van der Waals surface area contributed by atoms with E-state index in [1.165, 1.54) is 18.3 Å². The number of benzene rings is 1. The Kier molecular flexibility index (Phi) is 5.69. The maximum Gasteiger partial charge on any atom is 0.328 e.